The van der Waals surface area contributed by atoms with Crippen LogP contribution in [0, 0.1) is 0 Å². The van der Waals surface area contributed by atoms with E-state index in [1.807, 2.05) is 0 Å². The van der Waals surface area contributed by atoms with Crippen LogP contribution in [0.1, 0.15) is 5.56 Å². The Morgan fingerprint density at radius 3 is 2.78 bits per heavy atom. The van der Waals surface area contributed by atoms with E-state index in [0.29, 0.717) is 31.1 Å². The molecule has 4 rings (SSSR count). The molecule has 5 nitrogen and oxygen atoms in total. The Hall–Kier alpha value is -2.15. The van der Waals surface area contributed by atoms with Gasteiger partial charge in [0.05, 0.1) is 20.8 Å². The molecule has 0 saturated carbocycles. The predicted molar refractivity (Wildman–Crippen MR) is 90.1 cm³/mol. The lowest BCUT2D eigenvalue weighted by molar-refractivity contribution is 0.577. The molecule has 0 aliphatic heterocycles. The highest BCUT2D eigenvalue weighted by Gasteiger charge is 2.13. The number of hydrogen-bond acceptors (Lipinski definition) is 5. The van der Waals surface area contributed by atoms with E-state index >= 15 is 0 Å². The third-order valence-corrected chi connectivity index (χ3v) is 4.86. The van der Waals surface area contributed by atoms with E-state index in [1.165, 1.54) is 22.1 Å². The predicted octanol–water partition coefficient (Wildman–Crippen LogP) is 3.27. The van der Waals surface area contributed by atoms with Gasteiger partial charge in [-0.05, 0) is 35.9 Å². The highest BCUT2D eigenvalue weighted by molar-refractivity contribution is 7.15. The summed E-state index contributed by atoms with van der Waals surface area (Å²) in [6.45, 7) is 0. The Kier molecular flexibility index (Phi) is 3.45. The molecule has 0 aliphatic rings. The molecule has 0 saturated heterocycles. The van der Waals surface area contributed by atoms with Gasteiger partial charge in [0.2, 0.25) is 10.8 Å². The maximum atomic E-state index is 12.4. The van der Waals surface area contributed by atoms with Gasteiger partial charge in [0, 0.05) is 0 Å². The fourth-order valence-electron chi connectivity index (χ4n) is 2.10. The van der Waals surface area contributed by atoms with Crippen LogP contribution in [0.4, 0.5) is 0 Å². The van der Waals surface area contributed by atoms with Crippen molar-refractivity contribution in [2.24, 2.45) is 0 Å². The molecule has 0 radical (unpaired) electrons. The first-order valence-electron chi connectivity index (χ1n) is 6.52. The van der Waals surface area contributed by atoms with E-state index in [4.69, 9.17) is 27.6 Å². The molecule has 23 heavy (non-hydrogen) atoms. The van der Waals surface area contributed by atoms with E-state index in [-0.39, 0.29) is 5.56 Å². The van der Waals surface area contributed by atoms with Crippen LogP contribution in [0.15, 0.2) is 45.8 Å². The van der Waals surface area contributed by atoms with Crippen molar-refractivity contribution in [3.8, 4) is 11.6 Å². The van der Waals surface area contributed by atoms with Crippen LogP contribution in [0.25, 0.3) is 22.6 Å². The van der Waals surface area contributed by atoms with Crippen LogP contribution >= 0.6 is 34.5 Å². The molecule has 0 fully saturated rings. The Morgan fingerprint density at radius 2 is 2.09 bits per heavy atom. The Bertz CT molecular complexity index is 1120. The van der Waals surface area contributed by atoms with Crippen LogP contribution in [-0.2, 0) is 0 Å². The quantitative estimate of drug-likeness (QED) is 0.548. The van der Waals surface area contributed by atoms with Gasteiger partial charge in [0.15, 0.2) is 5.76 Å². The van der Waals surface area contributed by atoms with Crippen molar-refractivity contribution in [1.82, 2.24) is 14.6 Å². The first-order chi connectivity index (χ1) is 11.1. The largest absolute Gasteiger partial charge is 0.461 e. The smallest absolute Gasteiger partial charge is 0.291 e. The molecule has 0 spiro atoms. The number of fused-ring (bicyclic) bond motifs is 1. The zero-order valence-electron chi connectivity index (χ0n) is 11.4. The molecule has 0 atom stereocenters. The first kappa shape index (κ1) is 14.4. The maximum Gasteiger partial charge on any atom is 0.291 e. The number of benzene rings is 1. The second-order valence-electron chi connectivity index (χ2n) is 4.70. The summed E-state index contributed by atoms with van der Waals surface area (Å²) in [7, 11) is 0. The summed E-state index contributed by atoms with van der Waals surface area (Å²) in [4.78, 5) is 17.2. The monoisotopic (exact) mass is 363 g/mol. The number of rotatable bonds is 2. The van der Waals surface area contributed by atoms with Crippen LogP contribution < -0.4 is 10.1 Å². The van der Waals surface area contributed by atoms with Crippen LogP contribution in [0.3, 0.4) is 0 Å². The first-order valence-corrected chi connectivity index (χ1v) is 8.09. The molecular weight excluding hydrogens is 357 g/mol. The van der Waals surface area contributed by atoms with E-state index in [0.717, 1.165) is 5.56 Å². The summed E-state index contributed by atoms with van der Waals surface area (Å²) < 4.78 is 7.03. The molecule has 1 aromatic carbocycles. The van der Waals surface area contributed by atoms with Gasteiger partial charge in [-0.15, -0.1) is 5.10 Å². The van der Waals surface area contributed by atoms with Crippen molar-refractivity contribution in [3.05, 3.63) is 67.1 Å². The van der Waals surface area contributed by atoms with Gasteiger partial charge in [-0.1, -0.05) is 40.6 Å². The average molecular weight is 364 g/mol. The lowest BCUT2D eigenvalue weighted by Gasteiger charge is -1.96. The van der Waals surface area contributed by atoms with Crippen molar-refractivity contribution < 1.29 is 4.42 Å². The Labute approximate surface area is 143 Å². The molecule has 3 aromatic heterocycles. The average Bonchev–Trinajstić information content (AvgIpc) is 3.22. The molecule has 114 valence electrons. The molecule has 8 heteroatoms. The highest BCUT2D eigenvalue weighted by Crippen LogP contribution is 2.23. The van der Waals surface area contributed by atoms with E-state index in [9.17, 15) is 4.79 Å². The number of nitrogens with zero attached hydrogens (tertiary/aromatic N) is 3. The van der Waals surface area contributed by atoms with Gasteiger partial charge in [0.25, 0.3) is 5.56 Å². The highest BCUT2D eigenvalue weighted by atomic mass is 35.5. The van der Waals surface area contributed by atoms with Crippen molar-refractivity contribution >= 4 is 45.6 Å². The number of furan rings is 1. The third kappa shape index (κ3) is 2.55. The molecule has 0 N–H and O–H groups in total. The van der Waals surface area contributed by atoms with Crippen LogP contribution in [-0.4, -0.2) is 14.6 Å². The summed E-state index contributed by atoms with van der Waals surface area (Å²) in [5, 5.41) is 5.10. The van der Waals surface area contributed by atoms with Gasteiger partial charge in [-0.25, -0.2) is 0 Å². The third-order valence-electron chi connectivity index (χ3n) is 3.16. The van der Waals surface area contributed by atoms with Gasteiger partial charge in [-0.2, -0.15) is 9.50 Å². The summed E-state index contributed by atoms with van der Waals surface area (Å²) in [6.07, 6.45) is 3.27. The van der Waals surface area contributed by atoms with Crippen LogP contribution in [0.2, 0.25) is 10.0 Å². The van der Waals surface area contributed by atoms with Gasteiger partial charge < -0.3 is 4.42 Å². The Balaban J connectivity index is 1.84. The minimum Gasteiger partial charge on any atom is -0.461 e. The molecule has 3 heterocycles. The molecular formula is C15H7Cl2N3O2S. The second kappa shape index (κ2) is 5.49. The fraction of sp³-hybridized carbons (Fsp3) is 0. The van der Waals surface area contributed by atoms with Crippen molar-refractivity contribution in [2.75, 3.05) is 0 Å². The number of aromatic nitrogens is 3. The zero-order chi connectivity index (χ0) is 16.0. The minimum atomic E-state index is -0.235. The summed E-state index contributed by atoms with van der Waals surface area (Å²) >= 11 is 13.1. The van der Waals surface area contributed by atoms with Crippen molar-refractivity contribution in [3.63, 3.8) is 0 Å². The normalized spacial score (nSPS) is 12.3. The SMILES string of the molecule is O=c1c(=Cc2ccc(Cl)c(Cl)c2)sc2nc(-c3ccco3)nn12. The number of hydrogen-bond donors (Lipinski definition) is 0. The Morgan fingerprint density at radius 1 is 1.22 bits per heavy atom. The van der Waals surface area contributed by atoms with Crippen LogP contribution in [0.5, 0.6) is 0 Å². The standard InChI is InChI=1S/C15H7Cl2N3O2S/c16-9-4-3-8(6-10(9)17)7-12-14(21)20-15(23-12)18-13(19-20)11-2-1-5-22-11/h1-7H. The van der Waals surface area contributed by atoms with Crippen molar-refractivity contribution in [2.45, 2.75) is 0 Å². The lowest BCUT2D eigenvalue weighted by atomic mass is 10.2. The molecule has 0 bridgehead atoms. The maximum absolute atomic E-state index is 12.4. The van der Waals surface area contributed by atoms with E-state index in [1.54, 1.807) is 36.4 Å². The van der Waals surface area contributed by atoms with E-state index in [2.05, 4.69) is 10.1 Å². The number of thiazole rings is 1. The minimum absolute atomic E-state index is 0.235. The van der Waals surface area contributed by atoms with E-state index < -0.39 is 0 Å². The number of halogens is 2. The van der Waals surface area contributed by atoms with Gasteiger partial charge in [-0.3, -0.25) is 4.79 Å². The molecule has 0 unspecified atom stereocenters. The summed E-state index contributed by atoms with van der Waals surface area (Å²) in [5.41, 5.74) is 0.550. The van der Waals surface area contributed by atoms with Gasteiger partial charge in [0.1, 0.15) is 0 Å². The zero-order valence-corrected chi connectivity index (χ0v) is 13.7. The molecule has 0 aliphatic carbocycles. The second-order valence-corrected chi connectivity index (χ2v) is 6.52. The molecule has 4 aromatic rings. The fourth-order valence-corrected chi connectivity index (χ4v) is 3.31. The lowest BCUT2D eigenvalue weighted by Crippen LogP contribution is -2.23. The topological polar surface area (TPSA) is 60.4 Å². The van der Waals surface area contributed by atoms with Gasteiger partial charge >= 0.3 is 0 Å². The summed E-state index contributed by atoms with van der Waals surface area (Å²) in [6, 6.07) is 8.66. The van der Waals surface area contributed by atoms with Crippen molar-refractivity contribution in [1.29, 1.82) is 0 Å². The molecule has 0 amide bonds. The summed E-state index contributed by atoms with van der Waals surface area (Å²) in [5.74, 6) is 0.912.